The maximum Gasteiger partial charge on any atom is 0.298 e. The molecule has 1 radical (unpaired) electrons. The normalized spacial score (nSPS) is 11.0. The zero-order valence-electron chi connectivity index (χ0n) is 9.79. The third kappa shape index (κ3) is 5.01. The number of rotatable bonds is 3. The van der Waals surface area contributed by atoms with Gasteiger partial charge in [-0.3, -0.25) is 4.79 Å². The summed E-state index contributed by atoms with van der Waals surface area (Å²) in [5, 5.41) is 0. The summed E-state index contributed by atoms with van der Waals surface area (Å²) in [4.78, 5) is 11.5. The fraction of sp³-hybridized carbons (Fsp3) is 0.417. The van der Waals surface area contributed by atoms with Gasteiger partial charge in [-0.05, 0) is 49.4 Å². The van der Waals surface area contributed by atoms with Crippen LogP contribution in [0.1, 0.15) is 20.8 Å². The van der Waals surface area contributed by atoms with E-state index in [9.17, 15) is 4.79 Å². The number of ether oxygens (including phenoxy) is 1. The molecular weight excluding hydrogens is 314 g/mol. The number of carbonyl (C=O) groups is 1. The fourth-order valence-electron chi connectivity index (χ4n) is 1.22. The summed E-state index contributed by atoms with van der Waals surface area (Å²) in [5.41, 5.74) is 0.670. The molecule has 2 nitrogen and oxygen atoms in total. The molecule has 16 heavy (non-hydrogen) atoms. The first kappa shape index (κ1) is 13.5. The van der Waals surface area contributed by atoms with Gasteiger partial charge in [0.05, 0.1) is 0 Å². The first-order valence-corrected chi connectivity index (χ1v) is 6.26. The monoisotopic (exact) mass is 329 g/mol. The van der Waals surface area contributed by atoms with Crippen LogP contribution < -0.4 is 5.46 Å². The largest absolute Gasteiger partial charge is 0.460 e. The minimum Gasteiger partial charge on any atom is -0.460 e. The van der Waals surface area contributed by atoms with Gasteiger partial charge in [0.2, 0.25) is 0 Å². The van der Waals surface area contributed by atoms with Crippen LogP contribution in [0.15, 0.2) is 24.3 Å². The van der Waals surface area contributed by atoms with Gasteiger partial charge in [-0.2, -0.15) is 0 Å². The molecule has 1 aromatic rings. The zero-order valence-corrected chi connectivity index (χ0v) is 11.9. The predicted octanol–water partition coefficient (Wildman–Crippen LogP) is 2.38. The molecule has 0 saturated heterocycles. The Hall–Kier alpha value is -0.515. The summed E-state index contributed by atoms with van der Waals surface area (Å²) >= 11 is 2.25. The van der Waals surface area contributed by atoms with Crippen LogP contribution in [0, 0.1) is 3.57 Å². The van der Waals surface area contributed by atoms with Gasteiger partial charge in [-0.15, -0.1) is 0 Å². The average Bonchev–Trinajstić information content (AvgIpc) is 2.14. The first-order valence-electron chi connectivity index (χ1n) is 5.18. The minimum atomic E-state index is -0.408. The van der Waals surface area contributed by atoms with Crippen LogP contribution in [0.25, 0.3) is 0 Å². The summed E-state index contributed by atoms with van der Waals surface area (Å²) in [6, 6.07) is 7.95. The van der Waals surface area contributed by atoms with Crippen molar-refractivity contribution in [2.24, 2.45) is 0 Å². The highest BCUT2D eigenvalue weighted by molar-refractivity contribution is 14.1. The highest BCUT2D eigenvalue weighted by Gasteiger charge is 2.16. The topological polar surface area (TPSA) is 26.3 Å². The molecule has 0 fully saturated rings. The highest BCUT2D eigenvalue weighted by atomic mass is 127. The van der Waals surface area contributed by atoms with E-state index in [1.54, 1.807) is 0 Å². The Morgan fingerprint density at radius 3 is 2.56 bits per heavy atom. The van der Waals surface area contributed by atoms with Gasteiger partial charge < -0.3 is 4.74 Å². The third-order valence-electron chi connectivity index (χ3n) is 1.81. The van der Waals surface area contributed by atoms with Crippen molar-refractivity contribution in [1.29, 1.82) is 0 Å². The smallest absolute Gasteiger partial charge is 0.298 e. The van der Waals surface area contributed by atoms with E-state index < -0.39 is 5.60 Å². The Morgan fingerprint density at radius 1 is 1.38 bits per heavy atom. The fourth-order valence-corrected chi connectivity index (χ4v) is 1.82. The molecule has 0 unspecified atom stereocenters. The Labute approximate surface area is 111 Å². The second-order valence-corrected chi connectivity index (χ2v) is 5.68. The minimum absolute atomic E-state index is 0.188. The molecule has 0 spiro atoms. The zero-order chi connectivity index (χ0) is 12.2. The van der Waals surface area contributed by atoms with Crippen LogP contribution in [0.3, 0.4) is 0 Å². The Balaban J connectivity index is 2.47. The molecule has 0 N–H and O–H groups in total. The van der Waals surface area contributed by atoms with Crippen LogP contribution in [0.2, 0.25) is 6.32 Å². The van der Waals surface area contributed by atoms with Gasteiger partial charge in [-0.1, -0.05) is 23.7 Å². The molecule has 1 rings (SSSR count). The van der Waals surface area contributed by atoms with Crippen molar-refractivity contribution in [3.05, 3.63) is 27.8 Å². The molecule has 0 aliphatic carbocycles. The summed E-state index contributed by atoms with van der Waals surface area (Å²) in [6.07, 6.45) is 0.317. The van der Waals surface area contributed by atoms with Gasteiger partial charge in [0, 0.05) is 9.89 Å². The van der Waals surface area contributed by atoms with Crippen molar-refractivity contribution in [3.8, 4) is 0 Å². The Kier molecular flexibility index (Phi) is 4.83. The Morgan fingerprint density at radius 2 is 2.00 bits per heavy atom. The molecule has 0 atom stereocenters. The van der Waals surface area contributed by atoms with Crippen molar-refractivity contribution in [3.63, 3.8) is 0 Å². The SMILES string of the molecule is CC(C)(C)OC(=O)C[B]c1ccccc1I. The highest BCUT2D eigenvalue weighted by Crippen LogP contribution is 2.08. The molecule has 0 amide bonds. The van der Waals surface area contributed by atoms with E-state index in [0.29, 0.717) is 6.32 Å². The number of halogens is 1. The molecule has 0 aliphatic heterocycles. The van der Waals surface area contributed by atoms with E-state index in [2.05, 4.69) is 22.6 Å². The lowest BCUT2D eigenvalue weighted by Crippen LogP contribution is -2.27. The van der Waals surface area contributed by atoms with Crippen molar-refractivity contribution >= 4 is 41.3 Å². The lowest BCUT2D eigenvalue weighted by Gasteiger charge is -2.19. The van der Waals surface area contributed by atoms with E-state index >= 15 is 0 Å². The van der Waals surface area contributed by atoms with Crippen LogP contribution in [-0.4, -0.2) is 18.8 Å². The lowest BCUT2D eigenvalue weighted by molar-refractivity contribution is -0.151. The molecule has 0 saturated carbocycles. The summed E-state index contributed by atoms with van der Waals surface area (Å²) in [5.74, 6) is -0.188. The Bertz CT molecular complexity index is 372. The number of esters is 1. The summed E-state index contributed by atoms with van der Waals surface area (Å²) < 4.78 is 6.37. The van der Waals surface area contributed by atoms with E-state index in [1.807, 2.05) is 52.3 Å². The standard InChI is InChI=1S/C12H15BIO2/c1-12(2,3)16-11(15)8-13-9-6-4-5-7-10(9)14/h4-7H,8H2,1-3H3. The molecule has 0 bridgehead atoms. The van der Waals surface area contributed by atoms with Crippen LogP contribution in [-0.2, 0) is 9.53 Å². The predicted molar refractivity (Wildman–Crippen MR) is 75.2 cm³/mol. The van der Waals surface area contributed by atoms with Crippen LogP contribution in [0.4, 0.5) is 0 Å². The van der Waals surface area contributed by atoms with Crippen LogP contribution in [0.5, 0.6) is 0 Å². The molecule has 4 heteroatoms. The summed E-state index contributed by atoms with van der Waals surface area (Å²) in [7, 11) is 1.90. The lowest BCUT2D eigenvalue weighted by atomic mass is 9.67. The summed E-state index contributed by atoms with van der Waals surface area (Å²) in [6.45, 7) is 5.62. The molecule has 0 aliphatic rings. The quantitative estimate of drug-likeness (QED) is 0.484. The van der Waals surface area contributed by atoms with Gasteiger partial charge in [-0.25, -0.2) is 0 Å². The maximum absolute atomic E-state index is 11.5. The van der Waals surface area contributed by atoms with E-state index in [4.69, 9.17) is 4.74 Å². The maximum atomic E-state index is 11.5. The second kappa shape index (κ2) is 5.71. The molecule has 85 valence electrons. The molecular formula is C12H15BIO2. The van der Waals surface area contributed by atoms with Gasteiger partial charge in [0.25, 0.3) is 5.97 Å². The van der Waals surface area contributed by atoms with Crippen molar-refractivity contribution in [2.45, 2.75) is 32.7 Å². The van der Waals surface area contributed by atoms with E-state index in [-0.39, 0.29) is 5.97 Å². The van der Waals surface area contributed by atoms with Crippen molar-refractivity contribution in [2.75, 3.05) is 0 Å². The first-order chi connectivity index (χ1) is 7.38. The number of benzene rings is 1. The molecule has 0 heterocycles. The van der Waals surface area contributed by atoms with Gasteiger partial charge in [0.1, 0.15) is 5.60 Å². The molecule has 0 aromatic heterocycles. The number of hydrogen-bond donors (Lipinski definition) is 0. The van der Waals surface area contributed by atoms with Crippen LogP contribution >= 0.6 is 22.6 Å². The van der Waals surface area contributed by atoms with E-state index in [1.165, 1.54) is 0 Å². The number of hydrogen-bond acceptors (Lipinski definition) is 2. The van der Waals surface area contributed by atoms with Gasteiger partial charge >= 0.3 is 0 Å². The van der Waals surface area contributed by atoms with Gasteiger partial charge in [0.15, 0.2) is 7.28 Å². The van der Waals surface area contributed by atoms with Crippen molar-refractivity contribution in [1.82, 2.24) is 0 Å². The second-order valence-electron chi connectivity index (χ2n) is 4.52. The van der Waals surface area contributed by atoms with E-state index in [0.717, 1.165) is 9.03 Å². The number of carbonyl (C=O) groups excluding carboxylic acids is 1. The average molecular weight is 329 g/mol. The van der Waals surface area contributed by atoms with Crippen molar-refractivity contribution < 1.29 is 9.53 Å². The molecule has 1 aromatic carbocycles. The third-order valence-corrected chi connectivity index (χ3v) is 2.80.